The van der Waals surface area contributed by atoms with Crippen LogP contribution in [0, 0.1) is 11.8 Å². The van der Waals surface area contributed by atoms with E-state index in [9.17, 15) is 13.2 Å². The molecule has 1 aliphatic carbocycles. The van der Waals surface area contributed by atoms with E-state index in [1.807, 2.05) is 0 Å². The molecule has 0 spiro atoms. The van der Waals surface area contributed by atoms with Crippen LogP contribution < -0.4 is 4.72 Å². The number of hydrogen-bond donors (Lipinski definition) is 2. The van der Waals surface area contributed by atoms with Gasteiger partial charge in [-0.1, -0.05) is 19.8 Å². The van der Waals surface area contributed by atoms with Gasteiger partial charge in [-0.05, 0) is 18.3 Å². The van der Waals surface area contributed by atoms with Crippen molar-refractivity contribution in [3.8, 4) is 0 Å². The predicted octanol–water partition coefficient (Wildman–Crippen LogP) is 1.56. The van der Waals surface area contributed by atoms with E-state index in [1.54, 1.807) is 0 Å². The maximum Gasteiger partial charge on any atom is 0.356 e. The lowest BCUT2D eigenvalue weighted by Gasteiger charge is -2.15. The summed E-state index contributed by atoms with van der Waals surface area (Å²) in [5.41, 5.74) is 0.827. The fraction of sp³-hybridized carbons (Fsp3) is 0.636. The number of carboxylic acid groups (broad SMARTS) is 1. The summed E-state index contributed by atoms with van der Waals surface area (Å²) in [5, 5.41) is 8.89. The van der Waals surface area contributed by atoms with Crippen molar-refractivity contribution in [2.24, 2.45) is 11.8 Å². The van der Waals surface area contributed by atoms with Crippen LogP contribution in [0.5, 0.6) is 0 Å². The second-order valence-electron chi connectivity index (χ2n) is 4.81. The molecule has 8 heteroatoms. The van der Waals surface area contributed by atoms with Crippen LogP contribution in [0.25, 0.3) is 0 Å². The average Bonchev–Trinajstić information content (AvgIpc) is 2.95. The van der Waals surface area contributed by atoms with Crippen molar-refractivity contribution in [3.05, 3.63) is 11.2 Å². The molecule has 1 heterocycles. The monoisotopic (exact) mass is 304 g/mol. The molecule has 1 fully saturated rings. The molecule has 2 N–H and O–H groups in total. The Morgan fingerprint density at radius 1 is 1.58 bits per heavy atom. The minimum atomic E-state index is -3.78. The third-order valence-corrected chi connectivity index (χ3v) is 6.35. The van der Waals surface area contributed by atoms with E-state index < -0.39 is 21.7 Å². The van der Waals surface area contributed by atoms with Gasteiger partial charge in [0.15, 0.2) is 9.90 Å². The highest BCUT2D eigenvalue weighted by Gasteiger charge is 2.29. The lowest BCUT2D eigenvalue weighted by atomic mass is 9.99. The zero-order valence-corrected chi connectivity index (χ0v) is 12.1. The number of nitrogens with one attached hydrogen (secondary N) is 1. The van der Waals surface area contributed by atoms with Crippen molar-refractivity contribution < 1.29 is 18.3 Å². The minimum Gasteiger partial charge on any atom is -0.476 e. The number of sulfonamides is 1. The summed E-state index contributed by atoms with van der Waals surface area (Å²) >= 11 is 0.826. The molecule has 6 nitrogen and oxygen atoms in total. The van der Waals surface area contributed by atoms with Crippen molar-refractivity contribution >= 4 is 27.3 Å². The normalized spacial score (nSPS) is 23.6. The summed E-state index contributed by atoms with van der Waals surface area (Å²) in [6.45, 7) is 2.47. The Morgan fingerprint density at radius 3 is 2.89 bits per heavy atom. The molecule has 0 aliphatic heterocycles. The maximum absolute atomic E-state index is 12.1. The summed E-state index contributed by atoms with van der Waals surface area (Å²) < 4.78 is 26.4. The van der Waals surface area contributed by atoms with Crippen LogP contribution in [-0.4, -0.2) is 31.0 Å². The third kappa shape index (κ3) is 3.13. The van der Waals surface area contributed by atoms with E-state index in [1.165, 1.54) is 5.51 Å². The van der Waals surface area contributed by atoms with Crippen LogP contribution in [0.2, 0.25) is 0 Å². The van der Waals surface area contributed by atoms with E-state index in [-0.39, 0.29) is 4.21 Å². The first kappa shape index (κ1) is 14.4. The summed E-state index contributed by atoms with van der Waals surface area (Å²) in [5.74, 6) is -0.491. The average molecular weight is 304 g/mol. The number of nitrogens with zero attached hydrogens (tertiary/aromatic N) is 1. The molecule has 1 saturated carbocycles. The zero-order chi connectivity index (χ0) is 14.0. The van der Waals surface area contributed by atoms with Gasteiger partial charge in [0, 0.05) is 6.54 Å². The molecule has 0 amide bonds. The molecular weight excluding hydrogens is 288 g/mol. The number of hydrogen-bond acceptors (Lipinski definition) is 5. The third-order valence-electron chi connectivity index (χ3n) is 3.56. The number of rotatable bonds is 5. The molecule has 1 aromatic heterocycles. The van der Waals surface area contributed by atoms with Crippen molar-refractivity contribution in [3.63, 3.8) is 0 Å². The Morgan fingerprint density at radius 2 is 2.32 bits per heavy atom. The van der Waals surface area contributed by atoms with E-state index in [2.05, 4.69) is 16.6 Å². The Bertz CT molecular complexity index is 567. The van der Waals surface area contributed by atoms with Crippen LogP contribution in [0.15, 0.2) is 9.72 Å². The van der Waals surface area contributed by atoms with Gasteiger partial charge in [-0.3, -0.25) is 0 Å². The lowest BCUT2D eigenvalue weighted by Crippen LogP contribution is -2.30. The van der Waals surface area contributed by atoms with E-state index >= 15 is 0 Å². The number of aromatic nitrogens is 1. The summed E-state index contributed by atoms with van der Waals surface area (Å²) in [4.78, 5) is 14.5. The van der Waals surface area contributed by atoms with Gasteiger partial charge in [-0.25, -0.2) is 22.9 Å². The number of carboxylic acids is 1. The van der Waals surface area contributed by atoms with Gasteiger partial charge in [0.05, 0.1) is 5.51 Å². The first-order valence-electron chi connectivity index (χ1n) is 6.08. The van der Waals surface area contributed by atoms with Crippen LogP contribution in [0.1, 0.15) is 36.7 Å². The Kier molecular flexibility index (Phi) is 4.22. The van der Waals surface area contributed by atoms with Crippen molar-refractivity contribution in [2.75, 3.05) is 6.54 Å². The van der Waals surface area contributed by atoms with Crippen molar-refractivity contribution in [2.45, 2.75) is 30.4 Å². The van der Waals surface area contributed by atoms with Crippen LogP contribution in [0.4, 0.5) is 0 Å². The fourth-order valence-corrected chi connectivity index (χ4v) is 4.65. The van der Waals surface area contributed by atoms with Gasteiger partial charge in [0.25, 0.3) is 10.0 Å². The molecule has 1 aromatic rings. The molecule has 19 heavy (non-hydrogen) atoms. The van der Waals surface area contributed by atoms with E-state index in [0.717, 1.165) is 30.6 Å². The first-order valence-corrected chi connectivity index (χ1v) is 8.44. The molecule has 0 bridgehead atoms. The van der Waals surface area contributed by atoms with E-state index in [0.29, 0.717) is 18.4 Å². The zero-order valence-electron chi connectivity index (χ0n) is 10.5. The van der Waals surface area contributed by atoms with Crippen LogP contribution in [0.3, 0.4) is 0 Å². The molecular formula is C11H16N2O4S2. The quantitative estimate of drug-likeness (QED) is 0.860. The Hall–Kier alpha value is -0.990. The standard InChI is InChI=1S/C11H16N2O4S2/c1-7-3-2-4-8(7)5-13-19(16,17)11-9(10(14)15)12-6-18-11/h6-8,13H,2-5H2,1H3,(H,14,15). The van der Waals surface area contributed by atoms with E-state index in [4.69, 9.17) is 5.11 Å². The Balaban J connectivity index is 2.10. The number of carbonyl (C=O) groups is 1. The van der Waals surface area contributed by atoms with Crippen LogP contribution in [-0.2, 0) is 10.0 Å². The maximum atomic E-state index is 12.1. The molecule has 2 atom stereocenters. The smallest absolute Gasteiger partial charge is 0.356 e. The predicted molar refractivity (Wildman–Crippen MR) is 70.8 cm³/mol. The summed E-state index contributed by atoms with van der Waals surface area (Å²) in [7, 11) is -3.78. The molecule has 0 aromatic carbocycles. The number of thiazole rings is 1. The molecule has 2 unspecified atom stereocenters. The molecule has 0 saturated heterocycles. The molecule has 0 radical (unpaired) electrons. The van der Waals surface area contributed by atoms with Gasteiger partial charge in [-0.2, -0.15) is 0 Å². The summed E-state index contributed by atoms with van der Waals surface area (Å²) in [6, 6.07) is 0. The Labute approximate surface area is 115 Å². The van der Waals surface area contributed by atoms with Crippen LogP contribution >= 0.6 is 11.3 Å². The highest BCUT2D eigenvalue weighted by molar-refractivity contribution is 7.91. The van der Waals surface area contributed by atoms with Gasteiger partial charge in [0.1, 0.15) is 0 Å². The second-order valence-corrected chi connectivity index (χ2v) is 7.63. The fourth-order valence-electron chi connectivity index (χ4n) is 2.38. The molecule has 106 valence electrons. The van der Waals surface area contributed by atoms with Gasteiger partial charge < -0.3 is 5.11 Å². The van der Waals surface area contributed by atoms with Crippen molar-refractivity contribution in [1.29, 1.82) is 0 Å². The van der Waals surface area contributed by atoms with Crippen molar-refractivity contribution in [1.82, 2.24) is 9.71 Å². The topological polar surface area (TPSA) is 96.4 Å². The minimum absolute atomic E-state index is 0.217. The molecule has 1 aliphatic rings. The second kappa shape index (κ2) is 5.56. The van der Waals surface area contributed by atoms with Gasteiger partial charge >= 0.3 is 5.97 Å². The summed E-state index contributed by atoms with van der Waals surface area (Å²) in [6.07, 6.45) is 3.25. The highest BCUT2D eigenvalue weighted by Crippen LogP contribution is 2.31. The molecule has 2 rings (SSSR count). The number of aromatic carboxylic acids is 1. The largest absolute Gasteiger partial charge is 0.476 e. The lowest BCUT2D eigenvalue weighted by molar-refractivity contribution is 0.0687. The van der Waals surface area contributed by atoms with Gasteiger partial charge in [0.2, 0.25) is 0 Å². The SMILES string of the molecule is CC1CCCC1CNS(=O)(=O)c1scnc1C(=O)O. The highest BCUT2D eigenvalue weighted by atomic mass is 32.2. The van der Waals surface area contributed by atoms with Gasteiger partial charge in [-0.15, -0.1) is 11.3 Å². The first-order chi connectivity index (χ1) is 8.92.